The lowest BCUT2D eigenvalue weighted by Crippen LogP contribution is -2.28. The maximum Gasteiger partial charge on any atom is 0.263 e. The molecule has 7 nitrogen and oxygen atoms in total. The molecular weight excluding hydrogens is 324 g/mol. The Hall–Kier alpha value is -2.74. The number of nitrogens with one attached hydrogen (secondary N) is 2. The summed E-state index contributed by atoms with van der Waals surface area (Å²) in [7, 11) is 0. The van der Waals surface area contributed by atoms with Crippen molar-refractivity contribution in [1.82, 2.24) is 24.8 Å². The van der Waals surface area contributed by atoms with Gasteiger partial charge < -0.3 is 15.2 Å². The Kier molecular flexibility index (Phi) is 4.85. The van der Waals surface area contributed by atoms with Crippen LogP contribution in [0.15, 0.2) is 36.1 Å². The van der Waals surface area contributed by atoms with Crippen LogP contribution in [0.25, 0.3) is 5.82 Å². The molecule has 3 aromatic heterocycles. The van der Waals surface area contributed by atoms with Gasteiger partial charge in [-0.15, -0.1) is 11.3 Å². The minimum absolute atomic E-state index is 0.0938. The van der Waals surface area contributed by atoms with E-state index < -0.39 is 0 Å². The zero-order valence-corrected chi connectivity index (χ0v) is 14.3. The van der Waals surface area contributed by atoms with E-state index in [4.69, 9.17) is 0 Å². The third-order valence-electron chi connectivity index (χ3n) is 3.36. The quantitative estimate of drug-likeness (QED) is 0.671. The van der Waals surface area contributed by atoms with E-state index in [-0.39, 0.29) is 5.91 Å². The van der Waals surface area contributed by atoms with Crippen molar-refractivity contribution in [2.45, 2.75) is 13.8 Å². The zero-order valence-electron chi connectivity index (χ0n) is 13.5. The molecule has 2 N–H and O–H groups in total. The maximum atomic E-state index is 12.0. The average molecular weight is 342 g/mol. The first-order valence-corrected chi connectivity index (χ1v) is 8.42. The molecule has 0 aliphatic rings. The first-order valence-electron chi connectivity index (χ1n) is 7.54. The van der Waals surface area contributed by atoms with Crippen LogP contribution in [0.4, 0.5) is 5.82 Å². The van der Waals surface area contributed by atoms with Gasteiger partial charge >= 0.3 is 0 Å². The Balaban J connectivity index is 1.55. The normalized spacial score (nSPS) is 10.6. The summed E-state index contributed by atoms with van der Waals surface area (Å²) in [6.45, 7) is 4.76. The highest BCUT2D eigenvalue weighted by atomic mass is 32.1. The average Bonchev–Trinajstić information content (AvgIpc) is 3.22. The van der Waals surface area contributed by atoms with E-state index >= 15 is 0 Å². The van der Waals surface area contributed by atoms with Crippen LogP contribution < -0.4 is 10.6 Å². The predicted molar refractivity (Wildman–Crippen MR) is 93.8 cm³/mol. The Morgan fingerprint density at radius 2 is 2.00 bits per heavy atom. The number of amides is 1. The molecule has 0 aliphatic carbocycles. The van der Waals surface area contributed by atoms with E-state index in [1.165, 1.54) is 11.3 Å². The van der Waals surface area contributed by atoms with Gasteiger partial charge in [0, 0.05) is 31.5 Å². The number of rotatable bonds is 6. The third kappa shape index (κ3) is 3.77. The molecule has 24 heavy (non-hydrogen) atoms. The standard InChI is InChI=1S/C16H18N6OS/c1-11-15(24-10-19-11)16(23)18-6-5-17-13-9-14(21-12(2)20-13)22-7-3-4-8-22/h3-4,7-10H,5-6H2,1-2H3,(H,18,23)(H,17,20,21). The van der Waals surface area contributed by atoms with Gasteiger partial charge in [0.05, 0.1) is 11.2 Å². The van der Waals surface area contributed by atoms with Gasteiger partial charge in [-0.1, -0.05) is 0 Å². The summed E-state index contributed by atoms with van der Waals surface area (Å²) in [5.74, 6) is 2.13. The number of nitrogens with zero attached hydrogens (tertiary/aromatic N) is 4. The van der Waals surface area contributed by atoms with Crippen LogP contribution in [0.1, 0.15) is 21.2 Å². The van der Waals surface area contributed by atoms with E-state index in [0.29, 0.717) is 23.8 Å². The molecule has 0 aromatic carbocycles. The molecule has 0 bridgehead atoms. The van der Waals surface area contributed by atoms with E-state index in [0.717, 1.165) is 17.3 Å². The van der Waals surface area contributed by atoms with Gasteiger partial charge in [-0.3, -0.25) is 4.79 Å². The summed E-state index contributed by atoms with van der Waals surface area (Å²) < 4.78 is 1.92. The smallest absolute Gasteiger partial charge is 0.263 e. The van der Waals surface area contributed by atoms with Crippen molar-refractivity contribution < 1.29 is 4.79 Å². The number of aromatic nitrogens is 4. The summed E-state index contributed by atoms with van der Waals surface area (Å²) in [4.78, 5) is 25.5. The van der Waals surface area contributed by atoms with Crippen molar-refractivity contribution >= 4 is 23.1 Å². The molecular formula is C16H18N6OS. The SMILES string of the molecule is Cc1nc(NCCNC(=O)c2scnc2C)cc(-n2cccc2)n1. The second-order valence-electron chi connectivity index (χ2n) is 5.20. The first-order chi connectivity index (χ1) is 11.6. The summed E-state index contributed by atoms with van der Waals surface area (Å²) in [5, 5.41) is 6.08. The fourth-order valence-electron chi connectivity index (χ4n) is 2.23. The summed E-state index contributed by atoms with van der Waals surface area (Å²) in [6, 6.07) is 5.77. The molecule has 3 rings (SSSR count). The molecule has 8 heteroatoms. The fraction of sp³-hybridized carbons (Fsp3) is 0.250. The number of aryl methyl sites for hydroxylation is 2. The van der Waals surface area contributed by atoms with Gasteiger partial charge in [0.1, 0.15) is 22.3 Å². The van der Waals surface area contributed by atoms with Crippen LogP contribution in [0.3, 0.4) is 0 Å². The molecule has 3 aromatic rings. The minimum atomic E-state index is -0.0938. The van der Waals surface area contributed by atoms with Crippen LogP contribution in [0, 0.1) is 13.8 Å². The number of carbonyl (C=O) groups is 1. The van der Waals surface area contributed by atoms with Gasteiger partial charge in [-0.25, -0.2) is 15.0 Å². The third-order valence-corrected chi connectivity index (χ3v) is 4.29. The molecule has 0 aliphatic heterocycles. The first kappa shape index (κ1) is 16.1. The molecule has 3 heterocycles. The van der Waals surface area contributed by atoms with E-state index in [1.807, 2.05) is 49.0 Å². The van der Waals surface area contributed by atoms with E-state index in [2.05, 4.69) is 25.6 Å². The number of carbonyl (C=O) groups excluding carboxylic acids is 1. The molecule has 0 radical (unpaired) electrons. The summed E-state index contributed by atoms with van der Waals surface area (Å²) >= 11 is 1.35. The monoisotopic (exact) mass is 342 g/mol. The highest BCUT2D eigenvalue weighted by molar-refractivity contribution is 7.11. The van der Waals surface area contributed by atoms with Crippen LogP contribution in [-0.2, 0) is 0 Å². The lowest BCUT2D eigenvalue weighted by Gasteiger charge is -2.10. The second kappa shape index (κ2) is 7.22. The molecule has 0 fully saturated rings. The number of anilines is 1. The van der Waals surface area contributed by atoms with Crippen molar-refractivity contribution in [3.8, 4) is 5.82 Å². The van der Waals surface area contributed by atoms with Crippen LogP contribution in [0.5, 0.6) is 0 Å². The lowest BCUT2D eigenvalue weighted by atomic mass is 10.4. The van der Waals surface area contributed by atoms with Gasteiger partial charge in [0.15, 0.2) is 0 Å². The molecule has 0 saturated heterocycles. The van der Waals surface area contributed by atoms with Crippen molar-refractivity contribution in [1.29, 1.82) is 0 Å². The van der Waals surface area contributed by atoms with Crippen molar-refractivity contribution in [2.75, 3.05) is 18.4 Å². The fourth-order valence-corrected chi connectivity index (χ4v) is 2.95. The van der Waals surface area contributed by atoms with Crippen LogP contribution in [-0.4, -0.2) is 38.5 Å². The lowest BCUT2D eigenvalue weighted by molar-refractivity contribution is 0.0958. The second-order valence-corrected chi connectivity index (χ2v) is 6.05. The highest BCUT2D eigenvalue weighted by Gasteiger charge is 2.10. The van der Waals surface area contributed by atoms with Gasteiger partial charge in [-0.05, 0) is 26.0 Å². The van der Waals surface area contributed by atoms with E-state index in [9.17, 15) is 4.79 Å². The topological polar surface area (TPSA) is 84.7 Å². The number of thiazole rings is 1. The Labute approximate surface area is 143 Å². The molecule has 0 unspecified atom stereocenters. The maximum absolute atomic E-state index is 12.0. The molecule has 0 atom stereocenters. The summed E-state index contributed by atoms with van der Waals surface area (Å²) in [5.41, 5.74) is 2.43. The van der Waals surface area contributed by atoms with Crippen LogP contribution >= 0.6 is 11.3 Å². The zero-order chi connectivity index (χ0) is 16.9. The minimum Gasteiger partial charge on any atom is -0.368 e. The van der Waals surface area contributed by atoms with Crippen LogP contribution in [0.2, 0.25) is 0 Å². The Bertz CT molecular complexity index is 827. The predicted octanol–water partition coefficient (Wildman–Crippen LogP) is 2.18. The van der Waals surface area contributed by atoms with Crippen molar-refractivity contribution in [2.24, 2.45) is 0 Å². The molecule has 0 spiro atoms. The van der Waals surface area contributed by atoms with Gasteiger partial charge in [-0.2, -0.15) is 0 Å². The van der Waals surface area contributed by atoms with Gasteiger partial charge in [0.2, 0.25) is 0 Å². The molecule has 0 saturated carbocycles. The molecule has 124 valence electrons. The molecule has 1 amide bonds. The highest BCUT2D eigenvalue weighted by Crippen LogP contribution is 2.12. The largest absolute Gasteiger partial charge is 0.368 e. The van der Waals surface area contributed by atoms with Crippen molar-refractivity contribution in [3.63, 3.8) is 0 Å². The number of hydrogen-bond donors (Lipinski definition) is 2. The number of hydrogen-bond acceptors (Lipinski definition) is 6. The van der Waals surface area contributed by atoms with Crippen molar-refractivity contribution in [3.05, 3.63) is 52.5 Å². The Morgan fingerprint density at radius 1 is 1.21 bits per heavy atom. The summed E-state index contributed by atoms with van der Waals surface area (Å²) in [6.07, 6.45) is 3.87. The van der Waals surface area contributed by atoms with E-state index in [1.54, 1.807) is 5.51 Å². The van der Waals surface area contributed by atoms with Gasteiger partial charge in [0.25, 0.3) is 5.91 Å². The Morgan fingerprint density at radius 3 is 2.71 bits per heavy atom.